The molecule has 2 heterocycles. The molecular formula is C20H18N2O4S. The molecule has 27 heavy (non-hydrogen) atoms. The number of nitrogens with zero attached hydrogens (tertiary/aromatic N) is 1. The minimum absolute atomic E-state index is 0.109. The fourth-order valence-electron chi connectivity index (χ4n) is 3.24. The zero-order valence-electron chi connectivity index (χ0n) is 14.3. The van der Waals surface area contributed by atoms with Crippen molar-refractivity contribution in [2.24, 2.45) is 5.73 Å². The summed E-state index contributed by atoms with van der Waals surface area (Å²) in [6.45, 7) is 0. The summed E-state index contributed by atoms with van der Waals surface area (Å²) in [6, 6.07) is 18.0. The number of esters is 1. The van der Waals surface area contributed by atoms with Crippen LogP contribution >= 0.6 is 11.8 Å². The molecule has 3 N–H and O–H groups in total. The highest BCUT2D eigenvalue weighted by Gasteiger charge is 2.52. The second-order valence-electron chi connectivity index (χ2n) is 6.34. The first-order chi connectivity index (χ1) is 13.1. The Hall–Kier alpha value is -2.77. The summed E-state index contributed by atoms with van der Waals surface area (Å²) in [7, 11) is 0. The van der Waals surface area contributed by atoms with Crippen molar-refractivity contribution >= 4 is 23.6 Å². The van der Waals surface area contributed by atoms with Gasteiger partial charge in [-0.25, -0.2) is 4.79 Å². The third-order valence-corrected chi connectivity index (χ3v) is 5.90. The van der Waals surface area contributed by atoms with Crippen LogP contribution in [0.5, 0.6) is 0 Å². The standard InChI is InChI=1S/C20H18N2O4S/c21-15-18(24)22-16(14(23)11-27-19(15)22)20(25)26-17(12-7-3-1-4-8-12)13-9-5-2-6-10-13/h1-10,15,17,19,23H,11,21H2/t15-,19-/m1/s1. The molecule has 0 spiro atoms. The Morgan fingerprint density at radius 2 is 1.67 bits per heavy atom. The Morgan fingerprint density at radius 1 is 1.11 bits per heavy atom. The molecule has 0 aliphatic carbocycles. The zero-order chi connectivity index (χ0) is 19.0. The number of aliphatic hydroxyl groups is 1. The Bertz CT molecular complexity index is 861. The van der Waals surface area contributed by atoms with Crippen molar-refractivity contribution in [3.8, 4) is 0 Å². The number of carbonyl (C=O) groups is 2. The number of thioether (sulfide) groups is 1. The van der Waals surface area contributed by atoms with E-state index in [9.17, 15) is 14.7 Å². The van der Waals surface area contributed by atoms with Gasteiger partial charge in [0, 0.05) is 0 Å². The van der Waals surface area contributed by atoms with Crippen molar-refractivity contribution in [2.45, 2.75) is 17.5 Å². The van der Waals surface area contributed by atoms with Crippen LogP contribution < -0.4 is 5.73 Å². The van der Waals surface area contributed by atoms with E-state index in [0.29, 0.717) is 0 Å². The van der Waals surface area contributed by atoms with Gasteiger partial charge in [-0.15, -0.1) is 11.8 Å². The Morgan fingerprint density at radius 3 is 2.22 bits per heavy atom. The molecule has 1 saturated heterocycles. The minimum atomic E-state index is -0.740. The molecule has 1 amide bonds. The van der Waals surface area contributed by atoms with Crippen molar-refractivity contribution in [3.05, 3.63) is 83.2 Å². The first kappa shape index (κ1) is 17.6. The molecule has 0 bridgehead atoms. The van der Waals surface area contributed by atoms with Gasteiger partial charge in [0.2, 0.25) is 5.91 Å². The van der Waals surface area contributed by atoms with Gasteiger partial charge in [0.15, 0.2) is 11.8 Å². The van der Waals surface area contributed by atoms with Crippen LogP contribution in [0.1, 0.15) is 17.2 Å². The van der Waals surface area contributed by atoms with Crippen molar-refractivity contribution in [1.82, 2.24) is 4.90 Å². The van der Waals surface area contributed by atoms with Gasteiger partial charge in [-0.3, -0.25) is 9.69 Å². The van der Waals surface area contributed by atoms with Gasteiger partial charge in [0.25, 0.3) is 0 Å². The fraction of sp³-hybridized carbons (Fsp3) is 0.200. The summed E-state index contributed by atoms with van der Waals surface area (Å²) >= 11 is 1.33. The molecule has 1 fully saturated rings. The van der Waals surface area contributed by atoms with E-state index in [4.69, 9.17) is 10.5 Å². The van der Waals surface area contributed by atoms with E-state index in [1.165, 1.54) is 16.7 Å². The number of rotatable bonds is 4. The number of hydrogen-bond acceptors (Lipinski definition) is 6. The van der Waals surface area contributed by atoms with E-state index < -0.39 is 18.1 Å². The average Bonchev–Trinajstić information content (AvgIpc) is 2.72. The molecule has 0 unspecified atom stereocenters. The highest BCUT2D eigenvalue weighted by Crippen LogP contribution is 2.40. The molecule has 7 heteroatoms. The summed E-state index contributed by atoms with van der Waals surface area (Å²) in [5.74, 6) is -1.08. The molecule has 0 radical (unpaired) electrons. The van der Waals surface area contributed by atoms with Crippen LogP contribution in [0.4, 0.5) is 0 Å². The number of β-lactam (4-membered cyclic amide) rings is 1. The summed E-state index contributed by atoms with van der Waals surface area (Å²) in [6.07, 6.45) is -0.654. The Labute approximate surface area is 160 Å². The first-order valence-corrected chi connectivity index (χ1v) is 9.56. The van der Waals surface area contributed by atoms with Crippen LogP contribution in [0.15, 0.2) is 72.1 Å². The second kappa shape index (κ2) is 7.09. The average molecular weight is 382 g/mol. The molecule has 0 saturated carbocycles. The van der Waals surface area contributed by atoms with Crippen LogP contribution in [0.3, 0.4) is 0 Å². The topological polar surface area (TPSA) is 92.9 Å². The van der Waals surface area contributed by atoms with Crippen molar-refractivity contribution in [2.75, 3.05) is 5.75 Å². The third-order valence-electron chi connectivity index (χ3n) is 4.61. The second-order valence-corrected chi connectivity index (χ2v) is 7.44. The van der Waals surface area contributed by atoms with Crippen molar-refractivity contribution < 1.29 is 19.4 Å². The summed E-state index contributed by atoms with van der Waals surface area (Å²) in [5, 5.41) is 9.90. The lowest BCUT2D eigenvalue weighted by Gasteiger charge is -2.47. The van der Waals surface area contributed by atoms with Gasteiger partial charge in [-0.2, -0.15) is 0 Å². The van der Waals surface area contributed by atoms with Gasteiger partial charge in [-0.05, 0) is 11.1 Å². The quantitative estimate of drug-likeness (QED) is 0.623. The molecule has 2 aliphatic heterocycles. The number of nitrogens with two attached hydrogens (primary N) is 1. The molecule has 138 valence electrons. The Balaban J connectivity index is 1.65. The van der Waals surface area contributed by atoms with Gasteiger partial charge in [-0.1, -0.05) is 60.7 Å². The fourth-order valence-corrected chi connectivity index (χ4v) is 4.38. The predicted octanol–water partition coefficient (Wildman–Crippen LogP) is 2.33. The molecule has 4 rings (SSSR count). The normalized spacial score (nSPS) is 21.7. The molecule has 6 nitrogen and oxygen atoms in total. The van der Waals surface area contributed by atoms with Crippen molar-refractivity contribution in [1.29, 1.82) is 0 Å². The zero-order valence-corrected chi connectivity index (χ0v) is 15.1. The number of benzene rings is 2. The Kier molecular flexibility index (Phi) is 4.63. The highest BCUT2D eigenvalue weighted by atomic mass is 32.2. The summed E-state index contributed by atoms with van der Waals surface area (Å²) in [4.78, 5) is 26.3. The van der Waals surface area contributed by atoms with Crippen LogP contribution in [0.25, 0.3) is 0 Å². The third kappa shape index (κ3) is 3.09. The van der Waals surface area contributed by atoms with Crippen molar-refractivity contribution in [3.63, 3.8) is 0 Å². The van der Waals surface area contributed by atoms with Crippen LogP contribution in [-0.2, 0) is 14.3 Å². The molecule has 0 aromatic heterocycles. The maximum absolute atomic E-state index is 12.9. The smallest absolute Gasteiger partial charge is 0.359 e. The van der Waals surface area contributed by atoms with E-state index >= 15 is 0 Å². The number of ether oxygens (including phenoxy) is 1. The highest BCUT2D eigenvalue weighted by molar-refractivity contribution is 8.00. The van der Waals surface area contributed by atoms with E-state index in [0.717, 1.165) is 11.1 Å². The largest absolute Gasteiger partial charge is 0.509 e. The van der Waals surface area contributed by atoms with Crippen LogP contribution in [0, 0.1) is 0 Å². The monoisotopic (exact) mass is 382 g/mol. The SMILES string of the molecule is N[C@@H]1C(=O)N2C(C(=O)OC(c3ccccc3)c3ccccc3)=C(O)CS[C@H]12. The maximum Gasteiger partial charge on any atom is 0.359 e. The molecular weight excluding hydrogens is 364 g/mol. The lowest BCUT2D eigenvalue weighted by Crippen LogP contribution is -2.68. The van der Waals surface area contributed by atoms with Crippen LogP contribution in [-0.4, -0.2) is 39.1 Å². The number of aliphatic hydroxyl groups excluding tert-OH is 1. The molecule has 2 aromatic rings. The number of hydrogen-bond donors (Lipinski definition) is 2. The summed E-state index contributed by atoms with van der Waals surface area (Å²) in [5.41, 5.74) is 7.28. The van der Waals surface area contributed by atoms with E-state index in [2.05, 4.69) is 0 Å². The van der Waals surface area contributed by atoms with E-state index in [1.807, 2.05) is 60.7 Å². The van der Waals surface area contributed by atoms with Gasteiger partial charge in [0.1, 0.15) is 17.2 Å². The van der Waals surface area contributed by atoms with Crippen LogP contribution in [0.2, 0.25) is 0 Å². The maximum atomic E-state index is 12.9. The van der Waals surface area contributed by atoms with Gasteiger partial charge in [0.05, 0.1) is 5.75 Å². The predicted molar refractivity (Wildman–Crippen MR) is 102 cm³/mol. The number of amides is 1. The molecule has 2 aliphatic rings. The van der Waals surface area contributed by atoms with Gasteiger partial charge < -0.3 is 15.6 Å². The number of carbonyl (C=O) groups excluding carboxylic acids is 2. The molecule has 2 atom stereocenters. The lowest BCUT2D eigenvalue weighted by molar-refractivity contribution is -0.153. The van der Waals surface area contributed by atoms with Gasteiger partial charge >= 0.3 is 5.97 Å². The molecule has 2 aromatic carbocycles. The first-order valence-electron chi connectivity index (χ1n) is 8.51. The summed E-state index contributed by atoms with van der Waals surface area (Å²) < 4.78 is 5.77. The van der Waals surface area contributed by atoms with E-state index in [-0.39, 0.29) is 28.5 Å². The number of fused-ring (bicyclic) bond motifs is 1. The lowest BCUT2D eigenvalue weighted by atomic mass is 10.0. The minimum Gasteiger partial charge on any atom is -0.509 e. The van der Waals surface area contributed by atoms with E-state index in [1.54, 1.807) is 0 Å².